The molecular formula is C8H13NO2. The Morgan fingerprint density at radius 3 is 2.82 bits per heavy atom. The number of ether oxygens (including phenoxy) is 1. The molecule has 0 amide bonds. The van der Waals surface area contributed by atoms with Gasteiger partial charge in [0.05, 0.1) is 6.61 Å². The molecule has 1 aliphatic carbocycles. The van der Waals surface area contributed by atoms with Crippen LogP contribution >= 0.6 is 0 Å². The van der Waals surface area contributed by atoms with E-state index in [1.54, 1.807) is 7.11 Å². The molecule has 2 N–H and O–H groups in total. The lowest BCUT2D eigenvalue weighted by Gasteiger charge is -2.02. The molecule has 1 saturated carbocycles. The summed E-state index contributed by atoms with van der Waals surface area (Å²) in [4.78, 5) is 11.1. The summed E-state index contributed by atoms with van der Waals surface area (Å²) in [6.07, 6.45) is 2.42. The van der Waals surface area contributed by atoms with Crippen LogP contribution in [0.2, 0.25) is 0 Å². The van der Waals surface area contributed by atoms with E-state index >= 15 is 0 Å². The normalized spacial score (nSPS) is 22.5. The molecule has 0 aliphatic heterocycles. The molecule has 0 aromatic carbocycles. The van der Waals surface area contributed by atoms with Crippen LogP contribution in [0.3, 0.4) is 0 Å². The minimum atomic E-state index is 0.194. The number of carbonyl (C=O) groups is 1. The van der Waals surface area contributed by atoms with E-state index in [0.29, 0.717) is 18.7 Å². The van der Waals surface area contributed by atoms with E-state index in [1.807, 2.05) is 0 Å². The maximum absolute atomic E-state index is 11.1. The van der Waals surface area contributed by atoms with Crippen LogP contribution < -0.4 is 5.73 Å². The zero-order valence-corrected chi connectivity index (χ0v) is 6.72. The summed E-state index contributed by atoms with van der Waals surface area (Å²) in [5.41, 5.74) is 7.00. The van der Waals surface area contributed by atoms with Gasteiger partial charge in [-0.1, -0.05) is 0 Å². The number of ketones is 1. The number of hydrogen-bond donors (Lipinski definition) is 1. The number of hydrogen-bond acceptors (Lipinski definition) is 3. The summed E-state index contributed by atoms with van der Waals surface area (Å²) >= 11 is 0. The third kappa shape index (κ3) is 1.80. The highest BCUT2D eigenvalue weighted by molar-refractivity contribution is 5.97. The van der Waals surface area contributed by atoms with E-state index in [4.69, 9.17) is 10.5 Å². The van der Waals surface area contributed by atoms with Crippen LogP contribution in [0, 0.1) is 0 Å². The van der Waals surface area contributed by atoms with E-state index in [2.05, 4.69) is 0 Å². The highest BCUT2D eigenvalue weighted by Gasteiger charge is 2.19. The van der Waals surface area contributed by atoms with Gasteiger partial charge in [-0.2, -0.15) is 0 Å². The highest BCUT2D eigenvalue weighted by atomic mass is 16.5. The van der Waals surface area contributed by atoms with E-state index < -0.39 is 0 Å². The van der Waals surface area contributed by atoms with Crippen LogP contribution in [0.1, 0.15) is 19.3 Å². The second kappa shape index (κ2) is 3.53. The standard InChI is InChI=1S/C8H13NO2/c1-11-5-7(9)6-3-2-4-8(6)10/h2-5,9H2,1H3/b7-6+. The fraction of sp³-hybridized carbons (Fsp3) is 0.625. The molecule has 1 fully saturated rings. The van der Waals surface area contributed by atoms with Crippen molar-refractivity contribution < 1.29 is 9.53 Å². The van der Waals surface area contributed by atoms with E-state index in [9.17, 15) is 4.79 Å². The van der Waals surface area contributed by atoms with Crippen molar-refractivity contribution in [2.45, 2.75) is 19.3 Å². The molecule has 0 spiro atoms. The van der Waals surface area contributed by atoms with E-state index in [0.717, 1.165) is 18.4 Å². The highest BCUT2D eigenvalue weighted by Crippen LogP contribution is 2.21. The predicted molar refractivity (Wildman–Crippen MR) is 41.9 cm³/mol. The summed E-state index contributed by atoms with van der Waals surface area (Å²) in [6.45, 7) is 0.376. The van der Waals surface area contributed by atoms with Crippen molar-refractivity contribution in [2.24, 2.45) is 5.73 Å². The molecule has 0 heterocycles. The summed E-state index contributed by atoms with van der Waals surface area (Å²) in [5, 5.41) is 0. The molecule has 0 radical (unpaired) electrons. The molecule has 0 unspecified atom stereocenters. The van der Waals surface area contributed by atoms with Gasteiger partial charge in [-0.3, -0.25) is 4.79 Å². The number of methoxy groups -OCH3 is 1. The van der Waals surface area contributed by atoms with Gasteiger partial charge in [-0.15, -0.1) is 0 Å². The molecular weight excluding hydrogens is 142 g/mol. The van der Waals surface area contributed by atoms with Gasteiger partial charge in [0.15, 0.2) is 5.78 Å². The van der Waals surface area contributed by atoms with Gasteiger partial charge in [-0.05, 0) is 12.8 Å². The molecule has 3 nitrogen and oxygen atoms in total. The lowest BCUT2D eigenvalue weighted by Crippen LogP contribution is -2.11. The molecule has 1 rings (SSSR count). The van der Waals surface area contributed by atoms with Gasteiger partial charge in [0.2, 0.25) is 0 Å². The number of nitrogens with two attached hydrogens (primary N) is 1. The monoisotopic (exact) mass is 155 g/mol. The quantitative estimate of drug-likeness (QED) is 0.594. The number of Topliss-reactive ketones (excluding diaryl/α,β-unsaturated/α-hetero) is 1. The van der Waals surface area contributed by atoms with Crippen molar-refractivity contribution in [1.29, 1.82) is 0 Å². The van der Waals surface area contributed by atoms with Gasteiger partial charge in [0, 0.05) is 24.8 Å². The molecule has 1 aliphatic rings. The largest absolute Gasteiger partial charge is 0.400 e. The van der Waals surface area contributed by atoms with Crippen molar-refractivity contribution in [3.63, 3.8) is 0 Å². The minimum absolute atomic E-state index is 0.194. The van der Waals surface area contributed by atoms with Crippen molar-refractivity contribution in [1.82, 2.24) is 0 Å². The maximum atomic E-state index is 11.1. The van der Waals surface area contributed by atoms with E-state index in [-0.39, 0.29) is 5.78 Å². The average molecular weight is 155 g/mol. The fourth-order valence-electron chi connectivity index (χ4n) is 1.30. The second-order valence-electron chi connectivity index (χ2n) is 2.71. The number of carbonyl (C=O) groups excluding carboxylic acids is 1. The smallest absolute Gasteiger partial charge is 0.160 e. The van der Waals surface area contributed by atoms with Gasteiger partial charge in [0.1, 0.15) is 0 Å². The molecule has 3 heteroatoms. The average Bonchev–Trinajstić information content (AvgIpc) is 2.36. The Balaban J connectivity index is 2.68. The van der Waals surface area contributed by atoms with Crippen LogP contribution in [-0.2, 0) is 9.53 Å². The molecule has 0 atom stereocenters. The summed E-state index contributed by atoms with van der Waals surface area (Å²) in [5.74, 6) is 0.194. The third-order valence-corrected chi connectivity index (χ3v) is 1.85. The lowest BCUT2D eigenvalue weighted by molar-refractivity contribution is -0.114. The Labute approximate surface area is 66.2 Å². The Morgan fingerprint density at radius 1 is 1.64 bits per heavy atom. The second-order valence-corrected chi connectivity index (χ2v) is 2.71. The van der Waals surface area contributed by atoms with Crippen molar-refractivity contribution in [3.05, 3.63) is 11.3 Å². The van der Waals surface area contributed by atoms with Crippen molar-refractivity contribution in [3.8, 4) is 0 Å². The SMILES string of the molecule is COC/C(N)=C1/CCCC1=O. The molecule has 0 saturated heterocycles. The maximum Gasteiger partial charge on any atom is 0.160 e. The van der Waals surface area contributed by atoms with Crippen LogP contribution in [0.5, 0.6) is 0 Å². The molecule has 0 aromatic heterocycles. The molecule has 11 heavy (non-hydrogen) atoms. The van der Waals surface area contributed by atoms with E-state index in [1.165, 1.54) is 0 Å². The van der Waals surface area contributed by atoms with Crippen LogP contribution in [0.4, 0.5) is 0 Å². The zero-order chi connectivity index (χ0) is 8.27. The Hall–Kier alpha value is -0.830. The zero-order valence-electron chi connectivity index (χ0n) is 6.72. The summed E-state index contributed by atoms with van der Waals surface area (Å²) < 4.78 is 4.83. The third-order valence-electron chi connectivity index (χ3n) is 1.85. The number of rotatable bonds is 2. The minimum Gasteiger partial charge on any atom is -0.400 e. The fourth-order valence-corrected chi connectivity index (χ4v) is 1.30. The lowest BCUT2D eigenvalue weighted by atomic mass is 10.2. The molecule has 0 aromatic rings. The Morgan fingerprint density at radius 2 is 2.36 bits per heavy atom. The van der Waals surface area contributed by atoms with Gasteiger partial charge < -0.3 is 10.5 Å². The van der Waals surface area contributed by atoms with Crippen LogP contribution in [-0.4, -0.2) is 19.5 Å². The first-order chi connectivity index (χ1) is 5.25. The summed E-state index contributed by atoms with van der Waals surface area (Å²) in [7, 11) is 1.58. The van der Waals surface area contributed by atoms with Gasteiger partial charge in [-0.25, -0.2) is 0 Å². The first-order valence-corrected chi connectivity index (χ1v) is 3.75. The van der Waals surface area contributed by atoms with Crippen molar-refractivity contribution >= 4 is 5.78 Å². The predicted octanol–water partition coefficient (Wildman–Crippen LogP) is 0.599. The first kappa shape index (κ1) is 8.27. The Kier molecular flexibility index (Phi) is 2.65. The van der Waals surface area contributed by atoms with Crippen LogP contribution in [0.25, 0.3) is 0 Å². The van der Waals surface area contributed by atoms with Gasteiger partial charge >= 0.3 is 0 Å². The van der Waals surface area contributed by atoms with Gasteiger partial charge in [0.25, 0.3) is 0 Å². The topological polar surface area (TPSA) is 52.3 Å². The van der Waals surface area contributed by atoms with Crippen molar-refractivity contribution in [2.75, 3.05) is 13.7 Å². The molecule has 0 bridgehead atoms. The van der Waals surface area contributed by atoms with Crippen LogP contribution in [0.15, 0.2) is 11.3 Å². The Bertz CT molecular complexity index is 196. The number of allylic oxidation sites excluding steroid dienone is 1. The summed E-state index contributed by atoms with van der Waals surface area (Å²) in [6, 6.07) is 0. The first-order valence-electron chi connectivity index (χ1n) is 3.75. The molecule has 62 valence electrons.